The van der Waals surface area contributed by atoms with E-state index in [-0.39, 0.29) is 11.2 Å². The molecule has 1 aromatic heterocycles. The molecule has 4 rings (SSSR count). The zero-order chi connectivity index (χ0) is 21.1. The summed E-state index contributed by atoms with van der Waals surface area (Å²) in [6, 6.07) is 18.9. The molecule has 0 aliphatic rings. The van der Waals surface area contributed by atoms with Crippen LogP contribution in [0.5, 0.6) is 11.5 Å². The Morgan fingerprint density at radius 3 is 2.33 bits per heavy atom. The van der Waals surface area contributed by atoms with Gasteiger partial charge in [-0.05, 0) is 55.5 Å². The van der Waals surface area contributed by atoms with Crippen molar-refractivity contribution in [3.8, 4) is 11.5 Å². The number of ether oxygens (including phenoxy) is 2. The van der Waals surface area contributed by atoms with Gasteiger partial charge in [-0.2, -0.15) is 0 Å². The molecule has 150 valence electrons. The lowest BCUT2D eigenvalue weighted by molar-refractivity contribution is 0.0735. The van der Waals surface area contributed by atoms with E-state index in [9.17, 15) is 9.59 Å². The molecule has 6 nitrogen and oxygen atoms in total. The number of nitrogens with one attached hydrogen (secondary N) is 1. The second-order valence-corrected chi connectivity index (χ2v) is 6.75. The number of fused-ring (bicyclic) bond motifs is 1. The Bertz CT molecular complexity index is 1260. The fraction of sp³-hybridized carbons (Fsp3) is 0.0833. The molecule has 0 saturated carbocycles. The van der Waals surface area contributed by atoms with Gasteiger partial charge in [0.25, 0.3) is 0 Å². The van der Waals surface area contributed by atoms with Crippen molar-refractivity contribution in [2.75, 3.05) is 12.4 Å². The Balaban J connectivity index is 1.56. The number of benzene rings is 3. The van der Waals surface area contributed by atoms with Crippen molar-refractivity contribution < 1.29 is 18.7 Å². The summed E-state index contributed by atoms with van der Waals surface area (Å²) in [5.74, 6) is 0.414. The highest BCUT2D eigenvalue weighted by Crippen LogP contribution is 2.23. The molecule has 0 unspecified atom stereocenters. The molecule has 0 amide bonds. The Morgan fingerprint density at radius 2 is 1.63 bits per heavy atom. The molecule has 30 heavy (non-hydrogen) atoms. The van der Waals surface area contributed by atoms with Crippen molar-refractivity contribution in [2.45, 2.75) is 6.92 Å². The normalized spacial score (nSPS) is 10.6. The lowest BCUT2D eigenvalue weighted by atomic mass is 10.2. The van der Waals surface area contributed by atoms with Gasteiger partial charge in [-0.25, -0.2) is 4.79 Å². The number of methoxy groups -OCH3 is 1. The van der Waals surface area contributed by atoms with Crippen LogP contribution in [0, 0.1) is 6.92 Å². The van der Waals surface area contributed by atoms with Gasteiger partial charge in [0.05, 0.1) is 18.1 Å². The zero-order valence-electron chi connectivity index (χ0n) is 16.5. The van der Waals surface area contributed by atoms with E-state index in [1.807, 2.05) is 31.2 Å². The van der Waals surface area contributed by atoms with E-state index in [2.05, 4.69) is 5.32 Å². The Labute approximate surface area is 172 Å². The summed E-state index contributed by atoms with van der Waals surface area (Å²) in [6.07, 6.45) is 1.36. The van der Waals surface area contributed by atoms with Crippen LogP contribution in [0.1, 0.15) is 15.9 Å². The van der Waals surface area contributed by atoms with Crippen LogP contribution < -0.4 is 20.2 Å². The summed E-state index contributed by atoms with van der Waals surface area (Å²) in [7, 11) is 1.55. The van der Waals surface area contributed by atoms with Gasteiger partial charge in [-0.1, -0.05) is 17.7 Å². The molecule has 1 N–H and O–H groups in total. The summed E-state index contributed by atoms with van der Waals surface area (Å²) in [5.41, 5.74) is 2.75. The largest absolute Gasteiger partial charge is 0.497 e. The first-order valence-electron chi connectivity index (χ1n) is 9.29. The van der Waals surface area contributed by atoms with Gasteiger partial charge in [0.1, 0.15) is 29.0 Å². The smallest absolute Gasteiger partial charge is 0.343 e. The Kier molecular flexibility index (Phi) is 5.22. The van der Waals surface area contributed by atoms with Gasteiger partial charge in [-0.3, -0.25) is 4.79 Å². The maximum absolute atomic E-state index is 12.8. The van der Waals surface area contributed by atoms with Crippen molar-refractivity contribution >= 4 is 28.3 Å². The number of rotatable bonds is 5. The van der Waals surface area contributed by atoms with Crippen LogP contribution in [-0.4, -0.2) is 13.1 Å². The summed E-state index contributed by atoms with van der Waals surface area (Å²) >= 11 is 0. The highest BCUT2D eigenvalue weighted by molar-refractivity contribution is 5.92. The molecule has 1 heterocycles. The Morgan fingerprint density at radius 1 is 0.933 bits per heavy atom. The average molecular weight is 401 g/mol. The van der Waals surface area contributed by atoms with E-state index in [4.69, 9.17) is 13.9 Å². The highest BCUT2D eigenvalue weighted by Gasteiger charge is 2.12. The van der Waals surface area contributed by atoms with E-state index in [0.717, 1.165) is 11.3 Å². The fourth-order valence-corrected chi connectivity index (χ4v) is 2.94. The quantitative estimate of drug-likeness (QED) is 0.371. The van der Waals surface area contributed by atoms with E-state index < -0.39 is 5.97 Å². The van der Waals surface area contributed by atoms with Crippen LogP contribution in [0.25, 0.3) is 11.0 Å². The fourth-order valence-electron chi connectivity index (χ4n) is 2.94. The molecule has 0 aliphatic carbocycles. The zero-order valence-corrected chi connectivity index (χ0v) is 16.5. The van der Waals surface area contributed by atoms with Gasteiger partial charge in [0.15, 0.2) is 0 Å². The topological polar surface area (TPSA) is 77.8 Å². The van der Waals surface area contributed by atoms with Crippen molar-refractivity contribution in [3.63, 3.8) is 0 Å². The molecular weight excluding hydrogens is 382 g/mol. The van der Waals surface area contributed by atoms with Gasteiger partial charge < -0.3 is 19.2 Å². The van der Waals surface area contributed by atoms with Crippen LogP contribution in [0.3, 0.4) is 0 Å². The minimum atomic E-state index is -0.517. The maximum Gasteiger partial charge on any atom is 0.343 e. The summed E-state index contributed by atoms with van der Waals surface area (Å²) in [4.78, 5) is 25.1. The monoisotopic (exact) mass is 401 g/mol. The second kappa shape index (κ2) is 8.13. The standard InChI is InChI=1S/C24H19NO5/c1-15-3-7-17(8-4-15)25-21-14-29-22-13-19(11-12-20(22)23(21)26)30-24(27)16-5-9-18(28-2)10-6-16/h3-14,25H,1-2H3. The van der Waals surface area contributed by atoms with E-state index in [1.165, 1.54) is 12.3 Å². The third-order valence-electron chi connectivity index (χ3n) is 4.61. The molecule has 0 saturated heterocycles. The van der Waals surface area contributed by atoms with Crippen molar-refractivity contribution in [3.05, 3.63) is 94.3 Å². The summed E-state index contributed by atoms with van der Waals surface area (Å²) in [5, 5.41) is 3.45. The van der Waals surface area contributed by atoms with Gasteiger partial charge in [0, 0.05) is 11.8 Å². The molecule has 6 heteroatoms. The number of carbonyl (C=O) groups excluding carboxylic acids is 1. The number of esters is 1. The molecule has 0 radical (unpaired) electrons. The van der Waals surface area contributed by atoms with E-state index >= 15 is 0 Å². The molecule has 0 aliphatic heterocycles. The van der Waals surface area contributed by atoms with Crippen molar-refractivity contribution in [1.29, 1.82) is 0 Å². The number of hydrogen-bond acceptors (Lipinski definition) is 6. The molecule has 0 spiro atoms. The minimum absolute atomic E-state index is 0.204. The predicted molar refractivity (Wildman–Crippen MR) is 115 cm³/mol. The maximum atomic E-state index is 12.8. The van der Waals surface area contributed by atoms with E-state index in [1.54, 1.807) is 43.5 Å². The van der Waals surface area contributed by atoms with Crippen LogP contribution in [0.15, 0.2) is 82.2 Å². The van der Waals surface area contributed by atoms with E-state index in [0.29, 0.717) is 28.0 Å². The highest BCUT2D eigenvalue weighted by atomic mass is 16.5. The number of anilines is 2. The van der Waals surface area contributed by atoms with Crippen LogP contribution in [0.4, 0.5) is 11.4 Å². The van der Waals surface area contributed by atoms with Gasteiger partial charge in [-0.15, -0.1) is 0 Å². The van der Waals surface area contributed by atoms with Crippen molar-refractivity contribution in [2.24, 2.45) is 0 Å². The molecule has 3 aromatic carbocycles. The first kappa shape index (κ1) is 19.3. The van der Waals surface area contributed by atoms with Gasteiger partial charge in [0.2, 0.25) is 5.43 Å². The first-order valence-corrected chi connectivity index (χ1v) is 9.29. The molecule has 0 bridgehead atoms. The molecule has 0 fully saturated rings. The minimum Gasteiger partial charge on any atom is -0.497 e. The number of carbonyl (C=O) groups is 1. The number of hydrogen-bond donors (Lipinski definition) is 1. The second-order valence-electron chi connectivity index (χ2n) is 6.75. The van der Waals surface area contributed by atoms with Crippen LogP contribution in [-0.2, 0) is 0 Å². The SMILES string of the molecule is COc1ccc(C(=O)Oc2ccc3c(=O)c(Nc4ccc(C)cc4)coc3c2)cc1. The van der Waals surface area contributed by atoms with Gasteiger partial charge >= 0.3 is 5.97 Å². The van der Waals surface area contributed by atoms with Crippen LogP contribution in [0.2, 0.25) is 0 Å². The third kappa shape index (κ3) is 4.03. The molecule has 4 aromatic rings. The van der Waals surface area contributed by atoms with Crippen molar-refractivity contribution in [1.82, 2.24) is 0 Å². The average Bonchev–Trinajstić information content (AvgIpc) is 2.77. The predicted octanol–water partition coefficient (Wildman–Crippen LogP) is 5.07. The third-order valence-corrected chi connectivity index (χ3v) is 4.61. The molecular formula is C24H19NO5. The summed E-state index contributed by atoms with van der Waals surface area (Å²) in [6.45, 7) is 1.99. The summed E-state index contributed by atoms with van der Waals surface area (Å²) < 4.78 is 16.1. The Hall–Kier alpha value is -4.06. The number of aryl methyl sites for hydroxylation is 1. The molecule has 0 atom stereocenters. The van der Waals surface area contributed by atoms with Crippen LogP contribution >= 0.6 is 0 Å². The lowest BCUT2D eigenvalue weighted by Crippen LogP contribution is -2.10. The lowest BCUT2D eigenvalue weighted by Gasteiger charge is -2.08. The first-order chi connectivity index (χ1) is 14.5.